The van der Waals surface area contributed by atoms with E-state index in [9.17, 15) is 4.79 Å². The Morgan fingerprint density at radius 2 is 2.23 bits per heavy atom. The number of rotatable bonds is 1. The quantitative estimate of drug-likeness (QED) is 0.652. The van der Waals surface area contributed by atoms with Crippen molar-refractivity contribution in [1.82, 2.24) is 0 Å². The Bertz CT molecular complexity index is 471. The zero-order chi connectivity index (χ0) is 9.42. The van der Waals surface area contributed by atoms with Crippen LogP contribution in [0.2, 0.25) is 5.02 Å². The molecule has 3 heteroatoms. The Morgan fingerprint density at radius 1 is 1.46 bits per heavy atom. The van der Waals surface area contributed by atoms with E-state index in [2.05, 4.69) is 0 Å². The van der Waals surface area contributed by atoms with E-state index in [1.54, 1.807) is 18.2 Å². The van der Waals surface area contributed by atoms with Crippen molar-refractivity contribution in [2.45, 2.75) is 6.92 Å². The maximum absolute atomic E-state index is 11.1. The molecular formula is C10H7ClO2. The summed E-state index contributed by atoms with van der Waals surface area (Å²) in [6, 6.07) is 5.23. The number of furan rings is 1. The van der Waals surface area contributed by atoms with Crippen LogP contribution in [-0.2, 0) is 0 Å². The summed E-state index contributed by atoms with van der Waals surface area (Å²) in [5, 5.41) is 1.42. The van der Waals surface area contributed by atoms with Crippen LogP contribution in [0.4, 0.5) is 0 Å². The van der Waals surface area contributed by atoms with Crippen molar-refractivity contribution in [3.8, 4) is 0 Å². The number of ketones is 1. The van der Waals surface area contributed by atoms with E-state index in [1.165, 1.54) is 13.2 Å². The van der Waals surface area contributed by atoms with Gasteiger partial charge in [0, 0.05) is 16.5 Å². The molecule has 0 amide bonds. The van der Waals surface area contributed by atoms with Gasteiger partial charge in [0.25, 0.3) is 0 Å². The molecule has 0 N–H and O–H groups in total. The molecule has 1 aromatic heterocycles. The van der Waals surface area contributed by atoms with Crippen LogP contribution in [0.3, 0.4) is 0 Å². The summed E-state index contributed by atoms with van der Waals surface area (Å²) in [5.41, 5.74) is 1.25. The van der Waals surface area contributed by atoms with Crippen LogP contribution in [0.15, 0.2) is 28.9 Å². The first-order chi connectivity index (χ1) is 6.18. The first kappa shape index (κ1) is 8.32. The molecule has 0 aliphatic rings. The fourth-order valence-electron chi connectivity index (χ4n) is 1.27. The molecule has 0 saturated carbocycles. The molecule has 1 heterocycles. The molecule has 0 aliphatic heterocycles. The maximum atomic E-state index is 11.1. The van der Waals surface area contributed by atoms with Gasteiger partial charge in [0.1, 0.15) is 11.8 Å². The van der Waals surface area contributed by atoms with Crippen molar-refractivity contribution in [3.05, 3.63) is 35.0 Å². The highest BCUT2D eigenvalue weighted by Crippen LogP contribution is 2.24. The van der Waals surface area contributed by atoms with Crippen molar-refractivity contribution < 1.29 is 9.21 Å². The number of halogens is 1. The number of hydrogen-bond donors (Lipinski definition) is 0. The number of hydrogen-bond acceptors (Lipinski definition) is 2. The molecule has 0 bridgehead atoms. The SMILES string of the molecule is CC(=O)c1coc2cc(Cl)ccc12. The van der Waals surface area contributed by atoms with Crippen LogP contribution in [-0.4, -0.2) is 5.78 Å². The summed E-state index contributed by atoms with van der Waals surface area (Å²) in [7, 11) is 0. The van der Waals surface area contributed by atoms with Crippen LogP contribution in [0, 0.1) is 0 Å². The van der Waals surface area contributed by atoms with Gasteiger partial charge < -0.3 is 4.42 Å². The number of carbonyl (C=O) groups is 1. The van der Waals surface area contributed by atoms with E-state index in [0.717, 1.165) is 5.39 Å². The van der Waals surface area contributed by atoms with Gasteiger partial charge in [-0.05, 0) is 19.1 Å². The molecule has 2 aromatic rings. The Balaban J connectivity index is 2.76. The predicted octanol–water partition coefficient (Wildman–Crippen LogP) is 3.29. The van der Waals surface area contributed by atoms with Gasteiger partial charge >= 0.3 is 0 Å². The molecule has 0 spiro atoms. The van der Waals surface area contributed by atoms with E-state index >= 15 is 0 Å². The van der Waals surface area contributed by atoms with Gasteiger partial charge in [0.2, 0.25) is 0 Å². The van der Waals surface area contributed by atoms with Crippen LogP contribution in [0.1, 0.15) is 17.3 Å². The highest BCUT2D eigenvalue weighted by molar-refractivity contribution is 6.31. The lowest BCUT2D eigenvalue weighted by molar-refractivity contribution is 0.101. The minimum absolute atomic E-state index is 0.000993. The smallest absolute Gasteiger partial charge is 0.163 e. The van der Waals surface area contributed by atoms with Crippen LogP contribution >= 0.6 is 11.6 Å². The molecule has 0 saturated heterocycles. The van der Waals surface area contributed by atoms with E-state index in [0.29, 0.717) is 16.2 Å². The molecule has 0 unspecified atom stereocenters. The van der Waals surface area contributed by atoms with Crippen LogP contribution in [0.25, 0.3) is 11.0 Å². The molecule has 0 fully saturated rings. The molecule has 13 heavy (non-hydrogen) atoms. The van der Waals surface area contributed by atoms with Gasteiger partial charge in [-0.25, -0.2) is 0 Å². The first-order valence-corrected chi connectivity index (χ1v) is 4.24. The Morgan fingerprint density at radius 3 is 2.92 bits per heavy atom. The number of benzene rings is 1. The minimum Gasteiger partial charge on any atom is -0.464 e. The summed E-state index contributed by atoms with van der Waals surface area (Å²) < 4.78 is 5.19. The largest absolute Gasteiger partial charge is 0.464 e. The first-order valence-electron chi connectivity index (χ1n) is 3.86. The third-order valence-corrected chi connectivity index (χ3v) is 2.15. The lowest BCUT2D eigenvalue weighted by Gasteiger charge is -1.91. The lowest BCUT2D eigenvalue weighted by atomic mass is 10.1. The van der Waals surface area contributed by atoms with E-state index in [4.69, 9.17) is 16.0 Å². The average Bonchev–Trinajstić information content (AvgIpc) is 2.46. The summed E-state index contributed by atoms with van der Waals surface area (Å²) in [6.07, 6.45) is 1.46. The van der Waals surface area contributed by atoms with Gasteiger partial charge in [-0.2, -0.15) is 0 Å². The number of fused-ring (bicyclic) bond motifs is 1. The monoisotopic (exact) mass is 194 g/mol. The topological polar surface area (TPSA) is 30.2 Å². The molecule has 2 rings (SSSR count). The molecule has 0 radical (unpaired) electrons. The summed E-state index contributed by atoms with van der Waals surface area (Å²) in [6.45, 7) is 1.51. The van der Waals surface area contributed by atoms with Crippen molar-refractivity contribution in [2.75, 3.05) is 0 Å². The summed E-state index contributed by atoms with van der Waals surface area (Å²) in [5.74, 6) is 0.000993. The van der Waals surface area contributed by atoms with Crippen molar-refractivity contribution in [1.29, 1.82) is 0 Å². The Kier molecular flexibility index (Phi) is 1.85. The molecule has 2 nitrogen and oxygen atoms in total. The van der Waals surface area contributed by atoms with E-state index < -0.39 is 0 Å². The highest BCUT2D eigenvalue weighted by Gasteiger charge is 2.09. The summed E-state index contributed by atoms with van der Waals surface area (Å²) >= 11 is 5.76. The average molecular weight is 195 g/mol. The lowest BCUT2D eigenvalue weighted by Crippen LogP contribution is -1.87. The van der Waals surface area contributed by atoms with E-state index in [-0.39, 0.29) is 5.78 Å². The van der Waals surface area contributed by atoms with Gasteiger partial charge in [0.15, 0.2) is 5.78 Å². The van der Waals surface area contributed by atoms with Gasteiger partial charge in [0.05, 0.1) is 5.56 Å². The van der Waals surface area contributed by atoms with Gasteiger partial charge in [-0.15, -0.1) is 0 Å². The van der Waals surface area contributed by atoms with Gasteiger partial charge in [-0.3, -0.25) is 4.79 Å². The maximum Gasteiger partial charge on any atom is 0.163 e. The molecule has 66 valence electrons. The van der Waals surface area contributed by atoms with Crippen molar-refractivity contribution in [3.63, 3.8) is 0 Å². The summed E-state index contributed by atoms with van der Waals surface area (Å²) in [4.78, 5) is 11.1. The molecule has 0 atom stereocenters. The van der Waals surface area contributed by atoms with Crippen molar-refractivity contribution >= 4 is 28.4 Å². The highest BCUT2D eigenvalue weighted by atomic mass is 35.5. The van der Waals surface area contributed by atoms with Gasteiger partial charge in [-0.1, -0.05) is 11.6 Å². The Labute approximate surface area is 80.1 Å². The zero-order valence-corrected chi connectivity index (χ0v) is 7.76. The van der Waals surface area contributed by atoms with E-state index in [1.807, 2.05) is 0 Å². The zero-order valence-electron chi connectivity index (χ0n) is 7.00. The standard InChI is InChI=1S/C10H7ClO2/c1-6(12)9-5-13-10-4-7(11)2-3-8(9)10/h2-5H,1H3. The molecule has 1 aromatic carbocycles. The second-order valence-corrected chi connectivity index (χ2v) is 3.28. The second kappa shape index (κ2) is 2.89. The minimum atomic E-state index is 0.000993. The van der Waals surface area contributed by atoms with Crippen molar-refractivity contribution in [2.24, 2.45) is 0 Å². The number of Topliss-reactive ketones (excluding diaryl/α,β-unsaturated/α-hetero) is 1. The predicted molar refractivity (Wildman–Crippen MR) is 51.2 cm³/mol. The number of carbonyl (C=O) groups excluding carboxylic acids is 1. The molecule has 0 aliphatic carbocycles. The molecular weight excluding hydrogens is 188 g/mol. The second-order valence-electron chi connectivity index (χ2n) is 2.85. The third kappa shape index (κ3) is 1.33. The van der Waals surface area contributed by atoms with Crippen LogP contribution in [0.5, 0.6) is 0 Å². The fraction of sp³-hybridized carbons (Fsp3) is 0.100. The normalized spacial score (nSPS) is 10.6. The third-order valence-electron chi connectivity index (χ3n) is 1.92. The Hall–Kier alpha value is -1.28. The fourth-order valence-corrected chi connectivity index (χ4v) is 1.44. The van der Waals surface area contributed by atoms with Crippen LogP contribution < -0.4 is 0 Å².